The molecule has 41 nitrogen and oxygen atoms in total. The number of hydrogen-bond acceptors (Lipinski definition) is 35. The third kappa shape index (κ3) is 29.3. The summed E-state index contributed by atoms with van der Waals surface area (Å²) < 4.78 is 56.2. The molecule has 0 unspecified atom stereocenters. The fourth-order valence-corrected chi connectivity index (χ4v) is 19.9. The van der Waals surface area contributed by atoms with E-state index in [0.29, 0.717) is 124 Å². The molecule has 6 saturated carbocycles. The Morgan fingerprint density at radius 3 is 1.07 bits per heavy atom. The summed E-state index contributed by atoms with van der Waals surface area (Å²) in [5.74, 6) is 5.99. The van der Waals surface area contributed by atoms with Gasteiger partial charge in [0.15, 0.2) is 68.9 Å². The Morgan fingerprint density at radius 2 is 0.688 bits per heavy atom. The van der Waals surface area contributed by atoms with Crippen LogP contribution in [0.15, 0.2) is 37.2 Å². The van der Waals surface area contributed by atoms with E-state index in [2.05, 4.69) is 111 Å². The lowest BCUT2D eigenvalue weighted by atomic mass is 9.85. The number of aliphatic hydroxyl groups is 2. The zero-order valence-corrected chi connectivity index (χ0v) is 84.3. The fourth-order valence-electron chi connectivity index (χ4n) is 19.9. The Labute approximate surface area is 825 Å². The van der Waals surface area contributed by atoms with E-state index in [1.807, 2.05) is 68.4 Å². The van der Waals surface area contributed by atoms with Gasteiger partial charge in [-0.05, 0) is 160 Å². The lowest BCUT2D eigenvalue weighted by molar-refractivity contribution is 0.0480. The van der Waals surface area contributed by atoms with Gasteiger partial charge in [-0.3, -0.25) is 4.79 Å². The molecule has 1 saturated heterocycles. The van der Waals surface area contributed by atoms with Crippen LogP contribution in [0.1, 0.15) is 345 Å². The van der Waals surface area contributed by atoms with Crippen LogP contribution in [0.4, 0.5) is 34.9 Å². The van der Waals surface area contributed by atoms with Gasteiger partial charge < -0.3 is 82.5 Å². The van der Waals surface area contributed by atoms with Gasteiger partial charge in [-0.1, -0.05) is 202 Å². The minimum atomic E-state index is -0.322. The van der Waals surface area contributed by atoms with Crippen LogP contribution in [-0.2, 0) is 30.4 Å². The Hall–Kier alpha value is -11.8. The van der Waals surface area contributed by atoms with Crippen molar-refractivity contribution in [1.29, 1.82) is 0 Å². The lowest BCUT2D eigenvalue weighted by Gasteiger charge is -2.22. The van der Waals surface area contributed by atoms with Crippen LogP contribution in [0.3, 0.4) is 0 Å². The van der Waals surface area contributed by atoms with Gasteiger partial charge in [-0.15, -0.1) is 30.6 Å². The zero-order valence-electron chi connectivity index (χ0n) is 84.3. The number of nitrogens with two attached hydrogens (primary N) is 6. The van der Waals surface area contributed by atoms with Gasteiger partial charge in [0, 0.05) is 32.2 Å². The molecule has 0 radical (unpaired) electrons. The second-order valence-electron chi connectivity index (χ2n) is 39.4. The molecule has 19 rings (SSSR count). The largest absolute Gasteiger partial charge is 0.473 e. The van der Waals surface area contributed by atoms with E-state index in [4.69, 9.17) is 77.4 Å². The molecule has 6 aliphatic carbocycles. The molecule has 0 amide bonds. The number of imidazole rings is 6. The minimum Gasteiger partial charge on any atom is -0.473 e. The van der Waals surface area contributed by atoms with Crippen molar-refractivity contribution < 1.29 is 52.9 Å². The lowest BCUT2D eigenvalue weighted by Crippen LogP contribution is -2.22. The molecule has 141 heavy (non-hydrogen) atoms. The minimum absolute atomic E-state index is 0.00660. The van der Waals surface area contributed by atoms with E-state index in [-0.39, 0.29) is 91.4 Å². The van der Waals surface area contributed by atoms with Gasteiger partial charge in [0.2, 0.25) is 11.5 Å². The SMILES string of the molecule is CCC[C@H](C)Oc1nc(N)c2ncc(C(=O)C3CCCCC3)n2n1.CCC[C@H](C)Oc1nc(N)c2ncc(OC3CCCCC3)n2n1.CC[C@H](C)Oc1nc(N)c2ncc(CC3CCCCC3)n2n1.CC[C@H](CCO)Oc1nc(N)c2ncc(CC3CCCCC3)n2n1.CC[C@H](CO)Oc1nc(N)c2ncc(CC3CCCCC3)n2n1.Nc1nc(OCC2CCOCC2)nn2c(CC3CCCCC3)cnc12. The number of aromatic nitrogens is 24. The van der Waals surface area contributed by atoms with E-state index in [1.165, 1.54) is 159 Å². The van der Waals surface area contributed by atoms with Crippen molar-refractivity contribution in [3.05, 3.63) is 65.7 Å². The number of nitrogens with zero attached hydrogens (tertiary/aromatic N) is 24. The molecule has 12 aromatic rings. The number of ketones is 1. The molecule has 7 aliphatic rings. The van der Waals surface area contributed by atoms with Gasteiger partial charge >= 0.3 is 36.1 Å². The topological polar surface area (TPSA) is 546 Å². The van der Waals surface area contributed by atoms with Crippen molar-refractivity contribution in [2.45, 2.75) is 375 Å². The molecule has 13 heterocycles. The van der Waals surface area contributed by atoms with Gasteiger partial charge in [0.05, 0.1) is 91.5 Å². The third-order valence-corrected chi connectivity index (χ3v) is 28.2. The van der Waals surface area contributed by atoms with E-state index in [1.54, 1.807) is 25.9 Å². The van der Waals surface area contributed by atoms with Crippen LogP contribution < -0.4 is 67.6 Å². The number of aliphatic hydroxyl groups excluding tert-OH is 2. The predicted octanol–water partition coefficient (Wildman–Crippen LogP) is 16.0. The van der Waals surface area contributed by atoms with Gasteiger partial charge in [0.1, 0.15) is 24.0 Å². The number of fused-ring (bicyclic) bond motifs is 6. The van der Waals surface area contributed by atoms with Crippen LogP contribution in [0.5, 0.6) is 41.9 Å². The van der Waals surface area contributed by atoms with Crippen molar-refractivity contribution in [1.82, 2.24) is 117 Å². The highest BCUT2D eigenvalue weighted by Crippen LogP contribution is 2.36. The molecular weight excluding hydrogens is 1800 g/mol. The summed E-state index contributed by atoms with van der Waals surface area (Å²) in [4.78, 5) is 64.0. The summed E-state index contributed by atoms with van der Waals surface area (Å²) in [5.41, 5.74) is 44.2. The number of carbonyl (C=O) groups excluding carboxylic acids is 1. The average molecular weight is 1950 g/mol. The van der Waals surface area contributed by atoms with E-state index in [9.17, 15) is 9.90 Å². The van der Waals surface area contributed by atoms with Crippen LogP contribution in [0, 0.1) is 35.5 Å². The van der Waals surface area contributed by atoms with Crippen molar-refractivity contribution in [2.24, 2.45) is 35.5 Å². The average Bonchev–Trinajstić information content (AvgIpc) is 1.66. The summed E-state index contributed by atoms with van der Waals surface area (Å²) in [6.07, 6.45) is 60.7. The normalized spacial score (nSPS) is 17.9. The first-order chi connectivity index (χ1) is 68.6. The number of ether oxygens (including phenoxy) is 8. The Kier molecular flexibility index (Phi) is 39.4. The number of hydrogen-bond donors (Lipinski definition) is 8. The predicted molar refractivity (Wildman–Crippen MR) is 538 cm³/mol. The first kappa shape index (κ1) is 105. The Bertz CT molecular complexity index is 5840. The first-order valence-corrected chi connectivity index (χ1v) is 52.6. The van der Waals surface area contributed by atoms with Crippen LogP contribution in [-0.4, -0.2) is 203 Å². The second kappa shape index (κ2) is 52.8. The maximum Gasteiger partial charge on any atom is 0.336 e. The number of rotatable bonds is 35. The molecular formula is C100H154N30O11. The van der Waals surface area contributed by atoms with Gasteiger partial charge in [0.25, 0.3) is 0 Å². The molecule has 770 valence electrons. The number of carbonyl (C=O) groups is 1. The smallest absolute Gasteiger partial charge is 0.336 e. The standard InChI is InChI=1S/C18H27N5O2.C17H25N5O2.C17H27N5O2.2C16H25N5O2.C16H25N5O/c19-16-17-20-11-15(10-13-4-2-1-3-5-13)23(17)22-18(21-16)25-12-14-6-8-24-9-7-14;1-3-7-11(2)24-17-20-15(18)16-19-10-13(22(16)21-17)14(23)12-8-5-4-6-9-12;1-2-14(8-9-23)24-17-20-15(18)16-19-11-13(22(16)21-17)10-12-6-4-3-5-7-12;1-3-7-11(2)22-16-19-14(17)15-18-10-13(21(15)20-16)23-12-8-5-4-6-9-12;1-2-13(10-22)23-16-19-14(17)15-18-9-12(21(15)20-16)8-11-6-4-3-5-7-11;1-3-11(2)22-16-19-14(17)15-18-10-13(21(15)20-16)9-12-7-5-4-6-8-12/h11,13-14H,1-10,12H2,(H2,19,21,22);10-12H,3-9H2,1-2H3,(H2,18,20,21);11-12,14,23H,2-10H2,1H3,(H2,18,20,21);10-12H,3-9H2,1-2H3,(H2,17,19,20);9,11,13,22H,2-8,10H2,1H3,(H2,17,19,20);10-12H,3-9H2,1-2H3,(H2,17,19,20)/t;11-;14-;11-;13-;11-/m.01010/s1. The van der Waals surface area contributed by atoms with Crippen LogP contribution >= 0.6 is 0 Å². The quantitative estimate of drug-likeness (QED) is 0.0171. The number of Topliss-reactive ketones (excluding diaryl/α,β-unsaturated/α-hetero) is 1. The molecule has 14 N–H and O–H groups in total. The molecule has 12 aromatic heterocycles. The van der Waals surface area contributed by atoms with Crippen LogP contribution in [0.25, 0.3) is 33.9 Å². The third-order valence-electron chi connectivity index (χ3n) is 28.2. The number of anilines is 6. The Morgan fingerprint density at radius 1 is 0.362 bits per heavy atom. The number of nitrogen functional groups attached to an aromatic ring is 6. The maximum atomic E-state index is 12.8. The summed E-state index contributed by atoms with van der Waals surface area (Å²) in [5, 5.41) is 45.1. The Balaban J connectivity index is 0.000000135. The van der Waals surface area contributed by atoms with E-state index < -0.39 is 0 Å². The maximum absolute atomic E-state index is 12.8. The zero-order chi connectivity index (χ0) is 99.1. The summed E-state index contributed by atoms with van der Waals surface area (Å²) in [6.45, 7) is 18.4. The summed E-state index contributed by atoms with van der Waals surface area (Å²) in [7, 11) is 0. The second-order valence-corrected chi connectivity index (χ2v) is 39.4. The molecule has 7 fully saturated rings. The molecule has 0 aromatic carbocycles. The molecule has 0 bridgehead atoms. The fraction of sp³-hybridized carbons (Fsp3) is 0.690. The van der Waals surface area contributed by atoms with Crippen molar-refractivity contribution >= 4 is 74.6 Å². The van der Waals surface area contributed by atoms with E-state index >= 15 is 0 Å². The first-order valence-electron chi connectivity index (χ1n) is 52.6. The summed E-state index contributed by atoms with van der Waals surface area (Å²) >= 11 is 0. The van der Waals surface area contributed by atoms with Crippen molar-refractivity contribution in [3.8, 4) is 41.9 Å². The highest BCUT2D eigenvalue weighted by Gasteiger charge is 2.31. The van der Waals surface area contributed by atoms with Gasteiger partial charge in [-0.2, -0.15) is 34.4 Å². The van der Waals surface area contributed by atoms with Crippen molar-refractivity contribution in [2.75, 3.05) is 67.4 Å². The van der Waals surface area contributed by atoms with E-state index in [0.717, 1.165) is 163 Å². The highest BCUT2D eigenvalue weighted by molar-refractivity contribution is 5.97. The highest BCUT2D eigenvalue weighted by atomic mass is 16.5. The van der Waals surface area contributed by atoms with Gasteiger partial charge in [-0.25, -0.2) is 52.5 Å². The van der Waals surface area contributed by atoms with Crippen LogP contribution in [0.2, 0.25) is 0 Å². The monoisotopic (exact) mass is 1950 g/mol. The molecule has 41 heteroatoms. The summed E-state index contributed by atoms with van der Waals surface area (Å²) in [6, 6.07) is 1.59. The van der Waals surface area contributed by atoms with Crippen molar-refractivity contribution in [3.63, 3.8) is 0 Å². The molecule has 1 aliphatic heterocycles. The molecule has 0 spiro atoms. The molecule has 5 atom stereocenters.